The molecule has 0 aliphatic carbocycles. The Morgan fingerprint density at radius 1 is 0.962 bits per heavy atom. The van der Waals surface area contributed by atoms with Crippen LogP contribution in [-0.2, 0) is 11.2 Å². The van der Waals surface area contributed by atoms with E-state index >= 15 is 0 Å². The minimum absolute atomic E-state index is 0.0721. The lowest BCUT2D eigenvalue weighted by Crippen LogP contribution is -2.50. The highest BCUT2D eigenvalue weighted by Gasteiger charge is 2.24. The van der Waals surface area contributed by atoms with Crippen molar-refractivity contribution in [3.05, 3.63) is 70.5 Å². The molecule has 0 radical (unpaired) electrons. The average Bonchev–Trinajstić information content (AvgIpc) is 2.66. The normalized spacial score (nSPS) is 14.4. The Kier molecular flexibility index (Phi) is 5.89. The van der Waals surface area contributed by atoms with Crippen LogP contribution in [0.1, 0.15) is 22.3 Å². The predicted octanol–water partition coefficient (Wildman–Crippen LogP) is 3.40. The number of piperazine rings is 1. The first-order valence-electron chi connectivity index (χ1n) is 8.60. The van der Waals surface area contributed by atoms with Crippen molar-refractivity contribution in [3.8, 4) is 0 Å². The largest absolute Gasteiger partial charge is 0.339 e. The Morgan fingerprint density at radius 2 is 1.65 bits per heavy atom. The SMILES string of the molecule is O=C(CCc1cccc(Cl)c1)N1CCN(C(=O)c2cccc(F)c2)CC1. The number of aryl methyl sites for hydroxylation is 1. The van der Waals surface area contributed by atoms with E-state index in [0.717, 1.165) is 5.56 Å². The molecule has 0 bridgehead atoms. The summed E-state index contributed by atoms with van der Waals surface area (Å²) in [6.45, 7) is 1.90. The Balaban J connectivity index is 1.50. The Labute approximate surface area is 157 Å². The molecule has 1 aliphatic heterocycles. The number of halogens is 2. The third-order valence-electron chi connectivity index (χ3n) is 4.51. The molecule has 1 saturated heterocycles. The number of hydrogen-bond acceptors (Lipinski definition) is 2. The predicted molar refractivity (Wildman–Crippen MR) is 98.7 cm³/mol. The van der Waals surface area contributed by atoms with E-state index in [1.807, 2.05) is 24.3 Å². The Hall–Kier alpha value is -2.40. The molecule has 0 unspecified atom stereocenters. The minimum atomic E-state index is -0.425. The maximum atomic E-state index is 13.3. The molecule has 3 rings (SSSR count). The van der Waals surface area contributed by atoms with Gasteiger partial charge in [-0.3, -0.25) is 9.59 Å². The van der Waals surface area contributed by atoms with Crippen molar-refractivity contribution >= 4 is 23.4 Å². The molecule has 2 aromatic rings. The van der Waals surface area contributed by atoms with Gasteiger partial charge in [0.25, 0.3) is 5.91 Å². The van der Waals surface area contributed by atoms with Gasteiger partial charge in [0.15, 0.2) is 0 Å². The number of rotatable bonds is 4. The van der Waals surface area contributed by atoms with Gasteiger partial charge in [-0.05, 0) is 42.3 Å². The fraction of sp³-hybridized carbons (Fsp3) is 0.300. The molecule has 2 aromatic carbocycles. The highest BCUT2D eigenvalue weighted by molar-refractivity contribution is 6.30. The van der Waals surface area contributed by atoms with Crippen LogP contribution in [0, 0.1) is 5.82 Å². The maximum absolute atomic E-state index is 13.3. The molecule has 1 fully saturated rings. The lowest BCUT2D eigenvalue weighted by atomic mass is 10.1. The van der Waals surface area contributed by atoms with E-state index in [9.17, 15) is 14.0 Å². The average molecular weight is 375 g/mol. The van der Waals surface area contributed by atoms with Gasteiger partial charge in [-0.15, -0.1) is 0 Å². The lowest BCUT2D eigenvalue weighted by molar-refractivity contribution is -0.132. The van der Waals surface area contributed by atoms with Crippen LogP contribution in [0.2, 0.25) is 5.02 Å². The number of benzene rings is 2. The van der Waals surface area contributed by atoms with Crippen molar-refractivity contribution in [3.63, 3.8) is 0 Å². The van der Waals surface area contributed by atoms with Crippen LogP contribution < -0.4 is 0 Å². The van der Waals surface area contributed by atoms with E-state index in [2.05, 4.69) is 0 Å². The molecule has 0 aromatic heterocycles. The van der Waals surface area contributed by atoms with E-state index in [0.29, 0.717) is 49.6 Å². The van der Waals surface area contributed by atoms with Crippen LogP contribution in [0.4, 0.5) is 4.39 Å². The van der Waals surface area contributed by atoms with Crippen LogP contribution in [0.15, 0.2) is 48.5 Å². The first kappa shape index (κ1) is 18.4. The van der Waals surface area contributed by atoms with Crippen molar-refractivity contribution in [1.82, 2.24) is 9.80 Å². The standard InChI is InChI=1S/C20H20ClFN2O2/c21-17-5-1-3-15(13-17)7-8-19(25)23-9-11-24(12-10-23)20(26)16-4-2-6-18(22)14-16/h1-6,13-14H,7-12H2. The molecule has 2 amide bonds. The first-order chi connectivity index (χ1) is 12.5. The van der Waals surface area contributed by atoms with Gasteiger partial charge in [-0.25, -0.2) is 4.39 Å². The molecule has 4 nitrogen and oxygen atoms in total. The van der Waals surface area contributed by atoms with Crippen LogP contribution in [0.5, 0.6) is 0 Å². The highest BCUT2D eigenvalue weighted by Crippen LogP contribution is 2.14. The van der Waals surface area contributed by atoms with E-state index in [4.69, 9.17) is 11.6 Å². The summed E-state index contributed by atoms with van der Waals surface area (Å²) in [7, 11) is 0. The molecule has 1 heterocycles. The third kappa shape index (κ3) is 4.61. The first-order valence-corrected chi connectivity index (χ1v) is 8.98. The summed E-state index contributed by atoms with van der Waals surface area (Å²) >= 11 is 5.96. The third-order valence-corrected chi connectivity index (χ3v) is 4.74. The second-order valence-electron chi connectivity index (χ2n) is 6.31. The number of nitrogens with zero attached hydrogens (tertiary/aromatic N) is 2. The van der Waals surface area contributed by atoms with Gasteiger partial charge in [0, 0.05) is 43.2 Å². The van der Waals surface area contributed by atoms with Crippen molar-refractivity contribution < 1.29 is 14.0 Å². The topological polar surface area (TPSA) is 40.6 Å². The molecule has 0 saturated carbocycles. The van der Waals surface area contributed by atoms with Gasteiger partial charge < -0.3 is 9.80 Å². The zero-order valence-electron chi connectivity index (χ0n) is 14.3. The quantitative estimate of drug-likeness (QED) is 0.823. The zero-order valence-corrected chi connectivity index (χ0v) is 15.1. The summed E-state index contributed by atoms with van der Waals surface area (Å²) in [4.78, 5) is 28.2. The van der Waals surface area contributed by atoms with E-state index in [1.165, 1.54) is 18.2 Å². The molecule has 1 aliphatic rings. The second-order valence-corrected chi connectivity index (χ2v) is 6.75. The van der Waals surface area contributed by atoms with E-state index in [-0.39, 0.29) is 11.8 Å². The fourth-order valence-electron chi connectivity index (χ4n) is 3.06. The molecule has 136 valence electrons. The van der Waals surface area contributed by atoms with E-state index < -0.39 is 5.82 Å². The summed E-state index contributed by atoms with van der Waals surface area (Å²) in [5, 5.41) is 0.666. The molecular weight excluding hydrogens is 355 g/mol. The fourth-order valence-corrected chi connectivity index (χ4v) is 3.28. The van der Waals surface area contributed by atoms with Crippen LogP contribution >= 0.6 is 11.6 Å². The Morgan fingerprint density at radius 3 is 2.35 bits per heavy atom. The molecule has 6 heteroatoms. The van der Waals surface area contributed by atoms with Crippen LogP contribution in [-0.4, -0.2) is 47.8 Å². The molecule has 0 atom stereocenters. The van der Waals surface area contributed by atoms with Crippen molar-refractivity contribution in [2.75, 3.05) is 26.2 Å². The summed E-state index contributed by atoms with van der Waals surface area (Å²) in [5.74, 6) is -0.552. The Bertz CT molecular complexity index is 804. The summed E-state index contributed by atoms with van der Waals surface area (Å²) in [6, 6.07) is 13.2. The maximum Gasteiger partial charge on any atom is 0.254 e. The van der Waals surface area contributed by atoms with E-state index in [1.54, 1.807) is 15.9 Å². The van der Waals surface area contributed by atoms with Gasteiger partial charge in [0.1, 0.15) is 5.82 Å². The molecule has 0 spiro atoms. The van der Waals surface area contributed by atoms with Crippen LogP contribution in [0.3, 0.4) is 0 Å². The van der Waals surface area contributed by atoms with Gasteiger partial charge in [-0.1, -0.05) is 29.8 Å². The second kappa shape index (κ2) is 8.32. The summed E-state index contributed by atoms with van der Waals surface area (Å²) in [5.41, 5.74) is 1.37. The monoisotopic (exact) mass is 374 g/mol. The summed E-state index contributed by atoms with van der Waals surface area (Å²) in [6.07, 6.45) is 1.06. The zero-order chi connectivity index (χ0) is 18.5. The number of amides is 2. The lowest BCUT2D eigenvalue weighted by Gasteiger charge is -2.35. The van der Waals surface area contributed by atoms with Gasteiger partial charge >= 0.3 is 0 Å². The van der Waals surface area contributed by atoms with Crippen molar-refractivity contribution in [1.29, 1.82) is 0 Å². The number of hydrogen-bond donors (Lipinski definition) is 0. The number of carbonyl (C=O) groups excluding carboxylic acids is 2. The molecule has 26 heavy (non-hydrogen) atoms. The van der Waals surface area contributed by atoms with Crippen LogP contribution in [0.25, 0.3) is 0 Å². The van der Waals surface area contributed by atoms with Gasteiger partial charge in [0.05, 0.1) is 0 Å². The highest BCUT2D eigenvalue weighted by atomic mass is 35.5. The van der Waals surface area contributed by atoms with Crippen molar-refractivity contribution in [2.45, 2.75) is 12.8 Å². The molecular formula is C20H20ClFN2O2. The van der Waals surface area contributed by atoms with Gasteiger partial charge in [0.2, 0.25) is 5.91 Å². The summed E-state index contributed by atoms with van der Waals surface area (Å²) < 4.78 is 13.3. The van der Waals surface area contributed by atoms with Crippen molar-refractivity contribution in [2.24, 2.45) is 0 Å². The number of carbonyl (C=O) groups is 2. The molecule has 0 N–H and O–H groups in total. The smallest absolute Gasteiger partial charge is 0.254 e. The minimum Gasteiger partial charge on any atom is -0.339 e. The van der Waals surface area contributed by atoms with Gasteiger partial charge in [-0.2, -0.15) is 0 Å².